The highest BCUT2D eigenvalue weighted by molar-refractivity contribution is 6.35. The van der Waals surface area contributed by atoms with E-state index >= 15 is 0 Å². The monoisotopic (exact) mass is 288 g/mol. The fourth-order valence-electron chi connectivity index (χ4n) is 1.55. The molecule has 0 atom stereocenters. The molecule has 18 heavy (non-hydrogen) atoms. The maximum atomic E-state index is 11.8. The van der Waals surface area contributed by atoms with Gasteiger partial charge in [0.15, 0.2) is 0 Å². The first-order valence-corrected chi connectivity index (χ1v) is 6.03. The molecular weight excluding hydrogens is 279 g/mol. The van der Waals surface area contributed by atoms with Crippen LogP contribution in [0.4, 0.5) is 0 Å². The van der Waals surface area contributed by atoms with Crippen molar-refractivity contribution >= 4 is 35.1 Å². The number of carboxylic acids is 1. The van der Waals surface area contributed by atoms with Gasteiger partial charge in [0.05, 0.1) is 16.0 Å². The molecule has 1 aliphatic carbocycles. The lowest BCUT2D eigenvalue weighted by molar-refractivity contribution is -0.143. The van der Waals surface area contributed by atoms with Gasteiger partial charge >= 0.3 is 5.97 Å². The van der Waals surface area contributed by atoms with Gasteiger partial charge < -0.3 is 10.4 Å². The number of carbonyl (C=O) groups excluding carboxylic acids is 1. The standard InChI is InChI=1S/C11H10Cl2N2O3/c12-7-4-14-8(13)3-6(7)9(16)15-5-11(1-2-11)10(17)18/h3-4H,1-2,5H2,(H,15,16)(H,17,18). The molecule has 1 heterocycles. The maximum Gasteiger partial charge on any atom is 0.311 e. The Morgan fingerprint density at radius 1 is 1.44 bits per heavy atom. The Balaban J connectivity index is 2.04. The minimum Gasteiger partial charge on any atom is -0.481 e. The Kier molecular flexibility index (Phi) is 3.45. The molecular formula is C11H10Cl2N2O3. The molecule has 1 saturated carbocycles. The Morgan fingerprint density at radius 2 is 2.11 bits per heavy atom. The number of halogens is 2. The van der Waals surface area contributed by atoms with E-state index in [1.54, 1.807) is 0 Å². The summed E-state index contributed by atoms with van der Waals surface area (Å²) in [5.74, 6) is -1.33. The smallest absolute Gasteiger partial charge is 0.311 e. The molecule has 5 nitrogen and oxygen atoms in total. The molecule has 0 aromatic carbocycles. The fourth-order valence-corrected chi connectivity index (χ4v) is 1.90. The summed E-state index contributed by atoms with van der Waals surface area (Å²) >= 11 is 11.5. The summed E-state index contributed by atoms with van der Waals surface area (Å²) in [6, 6.07) is 1.35. The average molecular weight is 289 g/mol. The van der Waals surface area contributed by atoms with Gasteiger partial charge in [0.1, 0.15) is 5.15 Å². The number of carboxylic acid groups (broad SMARTS) is 1. The summed E-state index contributed by atoms with van der Waals surface area (Å²) in [5.41, 5.74) is -0.614. The largest absolute Gasteiger partial charge is 0.481 e. The normalized spacial score (nSPS) is 16.1. The minimum absolute atomic E-state index is 0.0947. The number of rotatable bonds is 4. The maximum absolute atomic E-state index is 11.8. The van der Waals surface area contributed by atoms with Gasteiger partial charge in [-0.2, -0.15) is 0 Å². The molecule has 1 aliphatic rings. The van der Waals surface area contributed by atoms with Crippen LogP contribution in [0.15, 0.2) is 12.3 Å². The number of hydrogen-bond donors (Lipinski definition) is 2. The third kappa shape index (κ3) is 2.57. The van der Waals surface area contributed by atoms with Crippen LogP contribution in [-0.2, 0) is 4.79 Å². The second-order valence-electron chi connectivity index (χ2n) is 4.26. The number of aromatic nitrogens is 1. The Labute approximate surface area is 113 Å². The van der Waals surface area contributed by atoms with Crippen molar-refractivity contribution in [1.29, 1.82) is 0 Å². The number of nitrogens with one attached hydrogen (secondary N) is 1. The van der Waals surface area contributed by atoms with E-state index in [9.17, 15) is 9.59 Å². The van der Waals surface area contributed by atoms with Gasteiger partial charge in [-0.1, -0.05) is 23.2 Å². The molecule has 96 valence electrons. The predicted molar refractivity (Wildman–Crippen MR) is 65.9 cm³/mol. The number of pyridine rings is 1. The topological polar surface area (TPSA) is 79.3 Å². The molecule has 1 amide bonds. The van der Waals surface area contributed by atoms with Gasteiger partial charge in [0.25, 0.3) is 5.91 Å². The third-order valence-electron chi connectivity index (χ3n) is 2.96. The van der Waals surface area contributed by atoms with Crippen molar-refractivity contribution in [3.05, 3.63) is 28.0 Å². The lowest BCUT2D eigenvalue weighted by atomic mass is 10.1. The molecule has 0 unspecified atom stereocenters. The first-order chi connectivity index (χ1) is 8.44. The number of hydrogen-bond acceptors (Lipinski definition) is 3. The van der Waals surface area contributed by atoms with E-state index in [2.05, 4.69) is 10.3 Å². The highest BCUT2D eigenvalue weighted by Gasteiger charge is 2.50. The average Bonchev–Trinajstić information content (AvgIpc) is 3.10. The van der Waals surface area contributed by atoms with Crippen LogP contribution in [0.5, 0.6) is 0 Å². The highest BCUT2D eigenvalue weighted by Crippen LogP contribution is 2.45. The second kappa shape index (κ2) is 4.74. The summed E-state index contributed by atoms with van der Waals surface area (Å²) in [5, 5.41) is 11.9. The SMILES string of the molecule is O=C(NCC1(C(=O)O)CC1)c1cc(Cl)ncc1Cl. The highest BCUT2D eigenvalue weighted by atomic mass is 35.5. The van der Waals surface area contributed by atoms with Crippen LogP contribution in [0.3, 0.4) is 0 Å². The van der Waals surface area contributed by atoms with E-state index in [0.29, 0.717) is 12.8 Å². The molecule has 0 radical (unpaired) electrons. The van der Waals surface area contributed by atoms with Crippen LogP contribution in [0.1, 0.15) is 23.2 Å². The fraction of sp³-hybridized carbons (Fsp3) is 0.364. The number of amides is 1. The molecule has 1 aromatic rings. The van der Waals surface area contributed by atoms with Gasteiger partial charge in [-0.3, -0.25) is 9.59 Å². The summed E-state index contributed by atoms with van der Waals surface area (Å²) in [6.45, 7) is 0.0947. The van der Waals surface area contributed by atoms with Gasteiger partial charge in [0, 0.05) is 12.7 Å². The molecule has 2 rings (SSSR count). The van der Waals surface area contributed by atoms with Gasteiger partial charge in [0.2, 0.25) is 0 Å². The first-order valence-electron chi connectivity index (χ1n) is 5.27. The lowest BCUT2D eigenvalue weighted by Crippen LogP contribution is -2.34. The van der Waals surface area contributed by atoms with Crippen molar-refractivity contribution in [1.82, 2.24) is 10.3 Å². The summed E-state index contributed by atoms with van der Waals surface area (Å²) < 4.78 is 0. The number of aliphatic carboxylic acids is 1. The van der Waals surface area contributed by atoms with E-state index in [-0.39, 0.29) is 22.3 Å². The predicted octanol–water partition coefficient (Wildman–Crippen LogP) is 1.98. The lowest BCUT2D eigenvalue weighted by Gasteiger charge is -2.11. The first kappa shape index (κ1) is 13.1. The Morgan fingerprint density at radius 3 is 2.67 bits per heavy atom. The van der Waals surface area contributed by atoms with Gasteiger partial charge in [-0.15, -0.1) is 0 Å². The Bertz CT molecular complexity index is 515. The van der Waals surface area contributed by atoms with Crippen molar-refractivity contribution in [3.63, 3.8) is 0 Å². The van der Waals surface area contributed by atoms with E-state index in [0.717, 1.165) is 0 Å². The second-order valence-corrected chi connectivity index (χ2v) is 5.05. The molecule has 0 saturated heterocycles. The van der Waals surface area contributed by atoms with Gasteiger partial charge in [-0.05, 0) is 18.9 Å². The third-order valence-corrected chi connectivity index (χ3v) is 3.47. The van der Waals surface area contributed by atoms with Gasteiger partial charge in [-0.25, -0.2) is 4.98 Å². The van der Waals surface area contributed by atoms with E-state index in [1.807, 2.05) is 0 Å². The van der Waals surface area contributed by atoms with Crippen molar-refractivity contribution in [2.24, 2.45) is 5.41 Å². The van der Waals surface area contributed by atoms with Crippen molar-refractivity contribution in [2.75, 3.05) is 6.54 Å². The molecule has 2 N–H and O–H groups in total. The van der Waals surface area contributed by atoms with E-state index < -0.39 is 17.3 Å². The van der Waals surface area contributed by atoms with Crippen LogP contribution in [0.2, 0.25) is 10.2 Å². The number of nitrogens with zero attached hydrogens (tertiary/aromatic N) is 1. The minimum atomic E-state index is -0.887. The van der Waals surface area contributed by atoms with Crippen LogP contribution in [0, 0.1) is 5.41 Å². The quantitative estimate of drug-likeness (QED) is 0.831. The number of carbonyl (C=O) groups is 2. The summed E-state index contributed by atoms with van der Waals surface area (Å²) in [4.78, 5) is 26.5. The Hall–Kier alpha value is -1.33. The summed E-state index contributed by atoms with van der Waals surface area (Å²) in [7, 11) is 0. The summed E-state index contributed by atoms with van der Waals surface area (Å²) in [6.07, 6.45) is 2.43. The molecule has 1 aromatic heterocycles. The molecule has 0 bridgehead atoms. The van der Waals surface area contributed by atoms with E-state index in [4.69, 9.17) is 28.3 Å². The van der Waals surface area contributed by atoms with Crippen molar-refractivity contribution in [3.8, 4) is 0 Å². The molecule has 0 aliphatic heterocycles. The van der Waals surface area contributed by atoms with Crippen LogP contribution in [0.25, 0.3) is 0 Å². The molecule has 1 fully saturated rings. The van der Waals surface area contributed by atoms with Crippen LogP contribution < -0.4 is 5.32 Å². The molecule has 0 spiro atoms. The van der Waals surface area contributed by atoms with Crippen LogP contribution >= 0.6 is 23.2 Å². The zero-order chi connectivity index (χ0) is 13.3. The van der Waals surface area contributed by atoms with E-state index in [1.165, 1.54) is 12.3 Å². The van der Waals surface area contributed by atoms with Crippen molar-refractivity contribution in [2.45, 2.75) is 12.8 Å². The van der Waals surface area contributed by atoms with Crippen molar-refractivity contribution < 1.29 is 14.7 Å². The zero-order valence-electron chi connectivity index (χ0n) is 9.24. The van der Waals surface area contributed by atoms with Crippen LogP contribution in [-0.4, -0.2) is 28.5 Å². The molecule has 7 heteroatoms. The zero-order valence-corrected chi connectivity index (χ0v) is 10.8.